The molecule has 10 heteroatoms. The summed E-state index contributed by atoms with van der Waals surface area (Å²) in [6.07, 6.45) is 4.41. The lowest BCUT2D eigenvalue weighted by Gasteiger charge is -2.26. The lowest BCUT2D eigenvalue weighted by molar-refractivity contribution is -0.384. The van der Waals surface area contributed by atoms with Gasteiger partial charge in [-0.2, -0.15) is 0 Å². The van der Waals surface area contributed by atoms with Crippen molar-refractivity contribution in [2.75, 3.05) is 43.9 Å². The fourth-order valence-electron chi connectivity index (χ4n) is 3.70. The molecule has 0 radical (unpaired) electrons. The standard InChI is InChI=1S/C23H32N4O5S/c28-27(29)22-10-8-21(9-11-22)24-13-17-33(30,31)25-12-5-16-32-23-7-4-6-20(18-23)19-26-14-2-1-3-15-26/h4,6-11,18,24-25H,1-3,5,12-17,19H2. The summed E-state index contributed by atoms with van der Waals surface area (Å²) in [6, 6.07) is 13.9. The Labute approximate surface area is 195 Å². The Morgan fingerprint density at radius 2 is 1.79 bits per heavy atom. The Kier molecular flexibility index (Phi) is 9.47. The summed E-state index contributed by atoms with van der Waals surface area (Å²) in [6.45, 7) is 4.16. The number of sulfonamides is 1. The van der Waals surface area contributed by atoms with Crippen molar-refractivity contribution >= 4 is 21.4 Å². The van der Waals surface area contributed by atoms with Gasteiger partial charge in [0.15, 0.2) is 0 Å². The van der Waals surface area contributed by atoms with E-state index in [0.29, 0.717) is 25.3 Å². The smallest absolute Gasteiger partial charge is 0.269 e. The first kappa shape index (κ1) is 24.9. The number of nitro groups is 1. The highest BCUT2D eigenvalue weighted by atomic mass is 32.2. The van der Waals surface area contributed by atoms with E-state index in [1.54, 1.807) is 12.1 Å². The van der Waals surface area contributed by atoms with Crippen molar-refractivity contribution in [1.82, 2.24) is 9.62 Å². The molecule has 2 N–H and O–H groups in total. The van der Waals surface area contributed by atoms with Crippen molar-refractivity contribution < 1.29 is 18.1 Å². The van der Waals surface area contributed by atoms with Crippen LogP contribution >= 0.6 is 0 Å². The predicted molar refractivity (Wildman–Crippen MR) is 129 cm³/mol. The molecule has 3 rings (SSSR count). The van der Waals surface area contributed by atoms with E-state index in [9.17, 15) is 18.5 Å². The van der Waals surface area contributed by atoms with Gasteiger partial charge < -0.3 is 10.1 Å². The molecular formula is C23H32N4O5S. The third kappa shape index (κ3) is 8.99. The first-order valence-corrected chi connectivity index (χ1v) is 13.0. The van der Waals surface area contributed by atoms with Gasteiger partial charge in [0.2, 0.25) is 10.0 Å². The lowest BCUT2D eigenvalue weighted by atomic mass is 10.1. The largest absolute Gasteiger partial charge is 0.494 e. The summed E-state index contributed by atoms with van der Waals surface area (Å²) in [4.78, 5) is 12.6. The molecule has 0 atom stereocenters. The fraction of sp³-hybridized carbons (Fsp3) is 0.478. The van der Waals surface area contributed by atoms with Gasteiger partial charge >= 0.3 is 0 Å². The van der Waals surface area contributed by atoms with Crippen molar-refractivity contribution in [2.24, 2.45) is 0 Å². The first-order valence-electron chi connectivity index (χ1n) is 11.3. The molecular weight excluding hydrogens is 444 g/mol. The van der Waals surface area contributed by atoms with Crippen LogP contribution in [0, 0.1) is 10.1 Å². The Bertz CT molecular complexity index is 992. The van der Waals surface area contributed by atoms with Gasteiger partial charge in [-0.1, -0.05) is 18.6 Å². The number of nitrogens with one attached hydrogen (secondary N) is 2. The number of anilines is 1. The Morgan fingerprint density at radius 3 is 2.52 bits per heavy atom. The maximum absolute atomic E-state index is 12.1. The van der Waals surface area contributed by atoms with E-state index >= 15 is 0 Å². The number of hydrogen-bond donors (Lipinski definition) is 2. The molecule has 0 unspecified atom stereocenters. The van der Waals surface area contributed by atoms with E-state index in [0.717, 1.165) is 25.4 Å². The maximum atomic E-state index is 12.1. The molecule has 0 aromatic heterocycles. The van der Waals surface area contributed by atoms with E-state index in [2.05, 4.69) is 27.1 Å². The van der Waals surface area contributed by atoms with Crippen LogP contribution in [-0.2, 0) is 16.6 Å². The molecule has 2 aromatic rings. The number of nitrogens with zero attached hydrogens (tertiary/aromatic N) is 2. The number of ether oxygens (including phenoxy) is 1. The van der Waals surface area contributed by atoms with E-state index in [-0.39, 0.29) is 18.0 Å². The number of rotatable bonds is 13. The van der Waals surface area contributed by atoms with E-state index in [4.69, 9.17) is 4.74 Å². The van der Waals surface area contributed by atoms with Crippen molar-refractivity contribution in [2.45, 2.75) is 32.2 Å². The lowest BCUT2D eigenvalue weighted by Crippen LogP contribution is -2.31. The third-order valence-corrected chi connectivity index (χ3v) is 6.83. The summed E-state index contributed by atoms with van der Waals surface area (Å²) >= 11 is 0. The fourth-order valence-corrected chi connectivity index (χ4v) is 4.67. The van der Waals surface area contributed by atoms with Crippen LogP contribution in [0.1, 0.15) is 31.2 Å². The monoisotopic (exact) mass is 476 g/mol. The molecule has 2 aromatic carbocycles. The SMILES string of the molecule is O=[N+]([O-])c1ccc(NCCS(=O)(=O)NCCCOc2cccc(CN3CCCCC3)c2)cc1. The zero-order valence-corrected chi connectivity index (χ0v) is 19.6. The number of hydrogen-bond acceptors (Lipinski definition) is 7. The number of likely N-dealkylation sites (tertiary alicyclic amines) is 1. The van der Waals surface area contributed by atoms with E-state index < -0.39 is 14.9 Å². The Balaban J connectivity index is 1.31. The average Bonchev–Trinajstić information content (AvgIpc) is 2.80. The van der Waals surface area contributed by atoms with Crippen molar-refractivity contribution in [3.63, 3.8) is 0 Å². The molecule has 1 fully saturated rings. The molecule has 1 aliphatic heterocycles. The first-order chi connectivity index (χ1) is 15.9. The minimum atomic E-state index is -3.42. The number of non-ortho nitro benzene ring substituents is 1. The average molecular weight is 477 g/mol. The summed E-state index contributed by atoms with van der Waals surface area (Å²) in [5.41, 5.74) is 1.85. The van der Waals surface area contributed by atoms with Gasteiger partial charge in [0.25, 0.3) is 5.69 Å². The molecule has 1 heterocycles. The molecule has 0 bridgehead atoms. The van der Waals surface area contributed by atoms with Crippen LogP contribution in [0.15, 0.2) is 48.5 Å². The van der Waals surface area contributed by atoms with Gasteiger partial charge in [-0.05, 0) is 62.2 Å². The molecule has 1 aliphatic rings. The number of nitro benzene ring substituents is 1. The van der Waals surface area contributed by atoms with Crippen LogP contribution in [0.4, 0.5) is 11.4 Å². The topological polar surface area (TPSA) is 114 Å². The number of piperidine rings is 1. The van der Waals surface area contributed by atoms with Gasteiger partial charge in [-0.3, -0.25) is 15.0 Å². The van der Waals surface area contributed by atoms with Crippen LogP contribution in [0.2, 0.25) is 0 Å². The minimum Gasteiger partial charge on any atom is -0.494 e. The second-order valence-electron chi connectivity index (χ2n) is 8.13. The highest BCUT2D eigenvalue weighted by Crippen LogP contribution is 2.18. The van der Waals surface area contributed by atoms with Crippen molar-refractivity contribution in [3.8, 4) is 5.75 Å². The highest BCUT2D eigenvalue weighted by Gasteiger charge is 2.11. The van der Waals surface area contributed by atoms with Gasteiger partial charge in [0, 0.05) is 37.5 Å². The van der Waals surface area contributed by atoms with E-state index in [1.807, 2.05) is 12.1 Å². The van der Waals surface area contributed by atoms with Crippen LogP contribution in [0.3, 0.4) is 0 Å². The van der Waals surface area contributed by atoms with Crippen LogP contribution in [-0.4, -0.2) is 56.8 Å². The summed E-state index contributed by atoms with van der Waals surface area (Å²) in [7, 11) is -3.42. The van der Waals surface area contributed by atoms with Crippen molar-refractivity contribution in [3.05, 3.63) is 64.2 Å². The summed E-state index contributed by atoms with van der Waals surface area (Å²) < 4.78 is 32.7. The third-order valence-electron chi connectivity index (χ3n) is 5.44. The highest BCUT2D eigenvalue weighted by molar-refractivity contribution is 7.89. The zero-order valence-electron chi connectivity index (χ0n) is 18.7. The zero-order chi connectivity index (χ0) is 23.5. The maximum Gasteiger partial charge on any atom is 0.269 e. The minimum absolute atomic E-state index is 0.00853. The second-order valence-corrected chi connectivity index (χ2v) is 10.1. The van der Waals surface area contributed by atoms with Gasteiger partial charge in [-0.15, -0.1) is 0 Å². The van der Waals surface area contributed by atoms with Crippen LogP contribution < -0.4 is 14.8 Å². The Morgan fingerprint density at radius 1 is 1.03 bits per heavy atom. The van der Waals surface area contributed by atoms with Crippen LogP contribution in [0.5, 0.6) is 5.75 Å². The predicted octanol–water partition coefficient (Wildman–Crippen LogP) is 3.38. The van der Waals surface area contributed by atoms with E-state index in [1.165, 1.54) is 37.0 Å². The summed E-state index contributed by atoms with van der Waals surface area (Å²) in [5.74, 6) is 0.711. The normalized spacial score (nSPS) is 14.7. The second kappa shape index (κ2) is 12.5. The quantitative estimate of drug-likeness (QED) is 0.259. The Hall–Kier alpha value is -2.69. The van der Waals surface area contributed by atoms with Gasteiger partial charge in [0.1, 0.15) is 5.75 Å². The molecule has 0 aliphatic carbocycles. The van der Waals surface area contributed by atoms with Gasteiger partial charge in [0.05, 0.1) is 17.3 Å². The molecule has 0 amide bonds. The molecule has 33 heavy (non-hydrogen) atoms. The summed E-state index contributed by atoms with van der Waals surface area (Å²) in [5, 5.41) is 13.6. The molecule has 0 saturated carbocycles. The molecule has 1 saturated heterocycles. The molecule has 0 spiro atoms. The van der Waals surface area contributed by atoms with Crippen molar-refractivity contribution in [1.29, 1.82) is 0 Å². The van der Waals surface area contributed by atoms with Crippen LogP contribution in [0.25, 0.3) is 0 Å². The van der Waals surface area contributed by atoms with Gasteiger partial charge in [-0.25, -0.2) is 13.1 Å². The number of benzene rings is 2. The molecule has 180 valence electrons. The molecule has 9 nitrogen and oxygen atoms in total.